The number of ether oxygens (including phenoxy) is 1. The van der Waals surface area contributed by atoms with Crippen LogP contribution in [0.15, 0.2) is 58.7 Å². The maximum absolute atomic E-state index is 12.7. The first-order valence-electron chi connectivity index (χ1n) is 9.41. The van der Waals surface area contributed by atoms with Crippen molar-refractivity contribution < 1.29 is 14.1 Å². The highest BCUT2D eigenvalue weighted by Crippen LogP contribution is 2.24. The summed E-state index contributed by atoms with van der Waals surface area (Å²) in [6, 6.07) is 11.0. The SMILES string of the molecule is COc1ccc(C(NC(=O)CCc2nc(-c3cccs3)no2)c2nccn2C)cc1. The highest BCUT2D eigenvalue weighted by atomic mass is 32.1. The van der Waals surface area contributed by atoms with E-state index in [2.05, 4.69) is 20.4 Å². The molecule has 154 valence electrons. The van der Waals surface area contributed by atoms with Crippen LogP contribution in [0.5, 0.6) is 5.75 Å². The second-order valence-corrected chi connectivity index (χ2v) is 7.61. The smallest absolute Gasteiger partial charge is 0.227 e. The van der Waals surface area contributed by atoms with E-state index in [1.807, 2.05) is 59.6 Å². The molecular formula is C21H21N5O3S. The van der Waals surface area contributed by atoms with Gasteiger partial charge in [-0.2, -0.15) is 4.98 Å². The van der Waals surface area contributed by atoms with E-state index in [1.165, 1.54) is 11.3 Å². The number of benzene rings is 1. The lowest BCUT2D eigenvalue weighted by Gasteiger charge is -2.19. The molecule has 0 fully saturated rings. The lowest BCUT2D eigenvalue weighted by atomic mass is 10.1. The standard InChI is InChI=1S/C21H21N5O3S/c1-26-12-11-22-21(26)19(14-5-7-15(28-2)8-6-14)23-17(27)9-10-18-24-20(25-29-18)16-4-3-13-30-16/h3-8,11-13,19H,9-10H2,1-2H3,(H,23,27). The number of methoxy groups -OCH3 is 1. The quantitative estimate of drug-likeness (QED) is 0.467. The van der Waals surface area contributed by atoms with Crippen LogP contribution in [0.1, 0.15) is 29.7 Å². The molecular weight excluding hydrogens is 402 g/mol. The van der Waals surface area contributed by atoms with Crippen molar-refractivity contribution in [1.29, 1.82) is 0 Å². The van der Waals surface area contributed by atoms with E-state index in [-0.39, 0.29) is 18.4 Å². The Kier molecular flexibility index (Phi) is 5.89. The van der Waals surface area contributed by atoms with Crippen molar-refractivity contribution in [3.63, 3.8) is 0 Å². The van der Waals surface area contributed by atoms with Crippen molar-refractivity contribution in [1.82, 2.24) is 25.0 Å². The average molecular weight is 423 g/mol. The minimum absolute atomic E-state index is 0.130. The van der Waals surface area contributed by atoms with Crippen LogP contribution >= 0.6 is 11.3 Å². The zero-order valence-corrected chi connectivity index (χ0v) is 17.4. The lowest BCUT2D eigenvalue weighted by Crippen LogP contribution is -2.31. The molecule has 0 saturated heterocycles. The lowest BCUT2D eigenvalue weighted by molar-refractivity contribution is -0.121. The fraction of sp³-hybridized carbons (Fsp3) is 0.238. The van der Waals surface area contributed by atoms with E-state index in [0.717, 1.165) is 22.0 Å². The average Bonchev–Trinajstić information content (AvgIpc) is 3.52. The number of amides is 1. The Hall–Kier alpha value is -3.46. The molecule has 3 aromatic heterocycles. The third-order valence-electron chi connectivity index (χ3n) is 4.65. The Morgan fingerprint density at radius 2 is 2.13 bits per heavy atom. The number of carbonyl (C=O) groups is 1. The molecule has 0 bridgehead atoms. The third kappa shape index (κ3) is 4.41. The monoisotopic (exact) mass is 423 g/mol. The van der Waals surface area contributed by atoms with E-state index >= 15 is 0 Å². The van der Waals surface area contributed by atoms with Crippen LogP contribution in [0.3, 0.4) is 0 Å². The number of carbonyl (C=O) groups excluding carboxylic acids is 1. The first-order chi connectivity index (χ1) is 14.6. The number of hydrogen-bond donors (Lipinski definition) is 1. The van der Waals surface area contributed by atoms with Crippen LogP contribution < -0.4 is 10.1 Å². The summed E-state index contributed by atoms with van der Waals surface area (Å²) >= 11 is 1.54. The van der Waals surface area contributed by atoms with Crippen molar-refractivity contribution in [3.8, 4) is 16.5 Å². The van der Waals surface area contributed by atoms with Gasteiger partial charge in [0.05, 0.1) is 12.0 Å². The van der Waals surface area contributed by atoms with Gasteiger partial charge in [0.15, 0.2) is 0 Å². The molecule has 1 atom stereocenters. The summed E-state index contributed by atoms with van der Waals surface area (Å²) in [6.45, 7) is 0. The van der Waals surface area contributed by atoms with E-state index < -0.39 is 0 Å². The predicted octanol–water partition coefficient (Wildman–Crippen LogP) is 3.38. The number of aryl methyl sites for hydroxylation is 2. The molecule has 0 spiro atoms. The van der Waals surface area contributed by atoms with Gasteiger partial charge >= 0.3 is 0 Å². The van der Waals surface area contributed by atoms with Gasteiger partial charge in [-0.25, -0.2) is 4.98 Å². The molecule has 9 heteroatoms. The largest absolute Gasteiger partial charge is 0.497 e. The molecule has 3 heterocycles. The number of hydrogen-bond acceptors (Lipinski definition) is 7. The fourth-order valence-corrected chi connectivity index (χ4v) is 3.71. The molecule has 4 rings (SSSR count). The van der Waals surface area contributed by atoms with Crippen LogP contribution in [0, 0.1) is 0 Å². The highest BCUT2D eigenvalue weighted by Gasteiger charge is 2.21. The normalized spacial score (nSPS) is 11.9. The molecule has 4 aromatic rings. The molecule has 0 saturated carbocycles. The van der Waals surface area contributed by atoms with Crippen molar-refractivity contribution in [2.75, 3.05) is 7.11 Å². The van der Waals surface area contributed by atoms with Crippen molar-refractivity contribution in [3.05, 3.63) is 71.5 Å². The maximum Gasteiger partial charge on any atom is 0.227 e. The molecule has 8 nitrogen and oxygen atoms in total. The number of rotatable bonds is 8. The summed E-state index contributed by atoms with van der Waals surface area (Å²) in [7, 11) is 3.52. The van der Waals surface area contributed by atoms with Gasteiger partial charge in [-0.1, -0.05) is 23.4 Å². The van der Waals surface area contributed by atoms with E-state index in [1.54, 1.807) is 13.3 Å². The number of imidazole rings is 1. The Labute approximate surface area is 177 Å². The molecule has 1 aromatic carbocycles. The minimum atomic E-state index is -0.382. The summed E-state index contributed by atoms with van der Waals surface area (Å²) in [6.07, 6.45) is 4.15. The number of thiophene rings is 1. The van der Waals surface area contributed by atoms with Gasteiger partial charge in [0.25, 0.3) is 0 Å². The van der Waals surface area contributed by atoms with E-state index in [0.29, 0.717) is 18.1 Å². The minimum Gasteiger partial charge on any atom is -0.497 e. The molecule has 0 radical (unpaired) electrons. The van der Waals surface area contributed by atoms with Crippen LogP contribution in [0.2, 0.25) is 0 Å². The van der Waals surface area contributed by atoms with Crippen LogP contribution in [-0.4, -0.2) is 32.7 Å². The zero-order valence-electron chi connectivity index (χ0n) is 16.6. The summed E-state index contributed by atoms with van der Waals surface area (Å²) in [4.78, 5) is 22.4. The Bertz CT molecular complexity index is 1100. The van der Waals surface area contributed by atoms with Crippen LogP contribution in [-0.2, 0) is 18.3 Å². The predicted molar refractivity (Wildman–Crippen MR) is 112 cm³/mol. The molecule has 1 N–H and O–H groups in total. The zero-order chi connectivity index (χ0) is 20.9. The Morgan fingerprint density at radius 3 is 2.80 bits per heavy atom. The van der Waals surface area contributed by atoms with Gasteiger partial charge < -0.3 is 19.1 Å². The third-order valence-corrected chi connectivity index (χ3v) is 5.51. The van der Waals surface area contributed by atoms with E-state index in [4.69, 9.17) is 9.26 Å². The molecule has 1 unspecified atom stereocenters. The van der Waals surface area contributed by atoms with E-state index in [9.17, 15) is 4.79 Å². The van der Waals surface area contributed by atoms with Gasteiger partial charge in [0, 0.05) is 32.3 Å². The molecule has 0 aliphatic carbocycles. The van der Waals surface area contributed by atoms with Crippen LogP contribution in [0.25, 0.3) is 10.7 Å². The first kappa shape index (κ1) is 19.8. The van der Waals surface area contributed by atoms with Gasteiger partial charge in [-0.15, -0.1) is 11.3 Å². The first-order valence-corrected chi connectivity index (χ1v) is 10.3. The van der Waals surface area contributed by atoms with Gasteiger partial charge in [-0.05, 0) is 29.1 Å². The molecule has 1 amide bonds. The second kappa shape index (κ2) is 8.91. The highest BCUT2D eigenvalue weighted by molar-refractivity contribution is 7.13. The van der Waals surface area contributed by atoms with Gasteiger partial charge in [-0.3, -0.25) is 4.79 Å². The van der Waals surface area contributed by atoms with Crippen molar-refractivity contribution in [2.45, 2.75) is 18.9 Å². The molecule has 30 heavy (non-hydrogen) atoms. The summed E-state index contributed by atoms with van der Waals surface area (Å²) in [5.74, 6) is 2.35. The van der Waals surface area contributed by atoms with Gasteiger partial charge in [0.2, 0.25) is 17.6 Å². The Balaban J connectivity index is 1.44. The fourth-order valence-electron chi connectivity index (χ4n) is 3.06. The maximum atomic E-state index is 12.7. The van der Waals surface area contributed by atoms with Crippen molar-refractivity contribution >= 4 is 17.2 Å². The number of nitrogens with one attached hydrogen (secondary N) is 1. The molecule has 0 aliphatic rings. The van der Waals surface area contributed by atoms with Gasteiger partial charge in [0.1, 0.15) is 17.6 Å². The summed E-state index contributed by atoms with van der Waals surface area (Å²) < 4.78 is 12.4. The Morgan fingerprint density at radius 1 is 1.30 bits per heavy atom. The topological polar surface area (TPSA) is 95.1 Å². The second-order valence-electron chi connectivity index (χ2n) is 6.66. The number of nitrogens with zero attached hydrogens (tertiary/aromatic N) is 4. The number of aromatic nitrogens is 4. The molecule has 0 aliphatic heterocycles. The van der Waals surface area contributed by atoms with Crippen LogP contribution in [0.4, 0.5) is 0 Å². The summed E-state index contributed by atoms with van der Waals surface area (Å²) in [5, 5.41) is 9.00. The summed E-state index contributed by atoms with van der Waals surface area (Å²) in [5.41, 5.74) is 0.913. The van der Waals surface area contributed by atoms with Crippen molar-refractivity contribution in [2.24, 2.45) is 7.05 Å².